The fourth-order valence-corrected chi connectivity index (χ4v) is 1.86. The van der Waals surface area contributed by atoms with Crippen LogP contribution in [0.25, 0.3) is 0 Å². The van der Waals surface area contributed by atoms with Gasteiger partial charge in [0.2, 0.25) is 0 Å². The highest BCUT2D eigenvalue weighted by atomic mass is 15.1. The van der Waals surface area contributed by atoms with Gasteiger partial charge in [-0.2, -0.15) is 0 Å². The van der Waals surface area contributed by atoms with Crippen molar-refractivity contribution >= 4 is 0 Å². The molecule has 86 valence electrons. The van der Waals surface area contributed by atoms with Crippen molar-refractivity contribution in [3.8, 4) is 0 Å². The normalized spacial score (nSPS) is 12.6. The van der Waals surface area contributed by atoms with E-state index in [1.165, 1.54) is 17.3 Å². The van der Waals surface area contributed by atoms with E-state index in [0.29, 0.717) is 5.92 Å². The van der Waals surface area contributed by atoms with Gasteiger partial charge in [-0.05, 0) is 30.2 Å². The molecular formula is C14H20N2. The highest BCUT2D eigenvalue weighted by molar-refractivity contribution is 5.29. The largest absolute Gasteiger partial charge is 0.403 e. The molecule has 0 radical (unpaired) electrons. The third-order valence-electron chi connectivity index (χ3n) is 2.72. The molecule has 0 aliphatic rings. The number of nitrogens with zero attached hydrogens (tertiary/aromatic N) is 1. The van der Waals surface area contributed by atoms with Gasteiger partial charge < -0.3 is 10.6 Å². The molecule has 16 heavy (non-hydrogen) atoms. The number of rotatable bonds is 5. The standard InChI is InChI=1S/C14H20N2/c1-4-16(10-9-15)11-13(3)14-8-6-5-7-12(14)2/h4-10,13H,1,11,15H2,2-3H3/b10-9-. The zero-order valence-electron chi connectivity index (χ0n) is 10.1. The first kappa shape index (κ1) is 12.4. The Morgan fingerprint density at radius 3 is 2.69 bits per heavy atom. The van der Waals surface area contributed by atoms with Crippen LogP contribution in [0.5, 0.6) is 0 Å². The average Bonchev–Trinajstić information content (AvgIpc) is 2.28. The molecule has 2 heteroatoms. The lowest BCUT2D eigenvalue weighted by Crippen LogP contribution is -2.17. The number of nitrogens with two attached hydrogens (primary N) is 1. The van der Waals surface area contributed by atoms with Crippen LogP contribution in [0, 0.1) is 6.92 Å². The van der Waals surface area contributed by atoms with Crippen LogP contribution in [0.4, 0.5) is 0 Å². The predicted molar refractivity (Wildman–Crippen MR) is 69.8 cm³/mol. The van der Waals surface area contributed by atoms with Crippen LogP contribution in [0.3, 0.4) is 0 Å². The Bertz CT molecular complexity index is 369. The van der Waals surface area contributed by atoms with Gasteiger partial charge in [-0.3, -0.25) is 0 Å². The molecule has 0 amide bonds. The Morgan fingerprint density at radius 2 is 2.12 bits per heavy atom. The highest BCUT2D eigenvalue weighted by Crippen LogP contribution is 2.20. The van der Waals surface area contributed by atoms with E-state index in [1.54, 1.807) is 6.20 Å². The first-order valence-electron chi connectivity index (χ1n) is 5.51. The maximum atomic E-state index is 5.38. The van der Waals surface area contributed by atoms with Crippen LogP contribution in [0.2, 0.25) is 0 Å². The number of hydrogen-bond donors (Lipinski definition) is 1. The van der Waals surface area contributed by atoms with Crippen LogP contribution in [0.1, 0.15) is 24.0 Å². The van der Waals surface area contributed by atoms with Crippen molar-refractivity contribution in [3.05, 3.63) is 60.6 Å². The minimum Gasteiger partial charge on any atom is -0.403 e. The van der Waals surface area contributed by atoms with E-state index in [0.717, 1.165) is 6.54 Å². The molecule has 1 aromatic carbocycles. The van der Waals surface area contributed by atoms with Crippen LogP contribution in [0.15, 0.2) is 49.4 Å². The first-order chi connectivity index (χ1) is 7.69. The Kier molecular flexibility index (Phi) is 4.65. The Hall–Kier alpha value is -1.70. The summed E-state index contributed by atoms with van der Waals surface area (Å²) in [5.74, 6) is 0.454. The summed E-state index contributed by atoms with van der Waals surface area (Å²) in [6.45, 7) is 9.01. The molecule has 0 aliphatic heterocycles. The second-order valence-electron chi connectivity index (χ2n) is 3.98. The van der Waals surface area contributed by atoms with E-state index in [4.69, 9.17) is 5.73 Å². The summed E-state index contributed by atoms with van der Waals surface area (Å²) < 4.78 is 0. The van der Waals surface area contributed by atoms with Gasteiger partial charge >= 0.3 is 0 Å². The number of hydrogen-bond acceptors (Lipinski definition) is 2. The molecule has 0 aromatic heterocycles. The van der Waals surface area contributed by atoms with Crippen LogP contribution < -0.4 is 5.73 Å². The van der Waals surface area contributed by atoms with Gasteiger partial charge in [-0.1, -0.05) is 37.8 Å². The quantitative estimate of drug-likeness (QED) is 0.820. The zero-order valence-corrected chi connectivity index (χ0v) is 10.1. The minimum absolute atomic E-state index is 0.454. The third-order valence-corrected chi connectivity index (χ3v) is 2.72. The molecule has 0 saturated heterocycles. The van der Waals surface area contributed by atoms with Crippen molar-refractivity contribution in [2.24, 2.45) is 5.73 Å². The minimum atomic E-state index is 0.454. The fourth-order valence-electron chi connectivity index (χ4n) is 1.86. The molecule has 2 nitrogen and oxygen atoms in total. The lowest BCUT2D eigenvalue weighted by molar-refractivity contribution is 0.464. The smallest absolute Gasteiger partial charge is 0.0286 e. The lowest BCUT2D eigenvalue weighted by Gasteiger charge is -2.21. The van der Waals surface area contributed by atoms with Gasteiger partial charge in [0.15, 0.2) is 0 Å². The molecule has 1 aromatic rings. The summed E-state index contributed by atoms with van der Waals surface area (Å²) in [7, 11) is 0. The van der Waals surface area contributed by atoms with Crippen molar-refractivity contribution in [1.82, 2.24) is 4.90 Å². The zero-order chi connectivity index (χ0) is 12.0. The Labute approximate surface area is 98.1 Å². The molecule has 2 N–H and O–H groups in total. The van der Waals surface area contributed by atoms with Crippen LogP contribution >= 0.6 is 0 Å². The highest BCUT2D eigenvalue weighted by Gasteiger charge is 2.09. The molecule has 1 unspecified atom stereocenters. The molecule has 0 spiro atoms. The third kappa shape index (κ3) is 3.16. The molecule has 0 heterocycles. The summed E-state index contributed by atoms with van der Waals surface area (Å²) in [4.78, 5) is 2.00. The lowest BCUT2D eigenvalue weighted by atomic mass is 9.96. The van der Waals surface area contributed by atoms with Crippen molar-refractivity contribution in [2.45, 2.75) is 19.8 Å². The Morgan fingerprint density at radius 1 is 1.44 bits per heavy atom. The summed E-state index contributed by atoms with van der Waals surface area (Å²) >= 11 is 0. The van der Waals surface area contributed by atoms with Crippen molar-refractivity contribution < 1.29 is 0 Å². The molecule has 0 fully saturated rings. The number of aryl methyl sites for hydroxylation is 1. The summed E-state index contributed by atoms with van der Waals surface area (Å²) in [5.41, 5.74) is 8.08. The summed E-state index contributed by atoms with van der Waals surface area (Å²) in [6, 6.07) is 8.46. The summed E-state index contributed by atoms with van der Waals surface area (Å²) in [6.07, 6.45) is 5.16. The molecule has 0 bridgehead atoms. The van der Waals surface area contributed by atoms with E-state index in [-0.39, 0.29) is 0 Å². The monoisotopic (exact) mass is 216 g/mol. The van der Waals surface area contributed by atoms with Crippen molar-refractivity contribution in [3.63, 3.8) is 0 Å². The van der Waals surface area contributed by atoms with Gasteiger partial charge in [0.05, 0.1) is 0 Å². The fraction of sp³-hybridized carbons (Fsp3) is 0.286. The van der Waals surface area contributed by atoms with E-state index in [1.807, 2.05) is 11.1 Å². The summed E-state index contributed by atoms with van der Waals surface area (Å²) in [5, 5.41) is 0. The first-order valence-corrected chi connectivity index (χ1v) is 5.51. The van der Waals surface area contributed by atoms with Gasteiger partial charge in [0, 0.05) is 18.9 Å². The van der Waals surface area contributed by atoms with E-state index >= 15 is 0 Å². The molecule has 1 rings (SSSR count). The second-order valence-corrected chi connectivity index (χ2v) is 3.98. The van der Waals surface area contributed by atoms with Gasteiger partial charge in [0.1, 0.15) is 0 Å². The average molecular weight is 216 g/mol. The van der Waals surface area contributed by atoms with Gasteiger partial charge in [-0.25, -0.2) is 0 Å². The topological polar surface area (TPSA) is 29.3 Å². The maximum absolute atomic E-state index is 5.38. The van der Waals surface area contributed by atoms with Crippen molar-refractivity contribution in [1.29, 1.82) is 0 Å². The number of benzene rings is 1. The Balaban J connectivity index is 2.75. The molecular weight excluding hydrogens is 196 g/mol. The van der Waals surface area contributed by atoms with E-state index < -0.39 is 0 Å². The molecule has 0 saturated carbocycles. The van der Waals surface area contributed by atoms with E-state index in [2.05, 4.69) is 44.7 Å². The van der Waals surface area contributed by atoms with E-state index in [9.17, 15) is 0 Å². The SMILES string of the molecule is C=CN(/C=C\N)CC(C)c1ccccc1C. The predicted octanol–water partition coefficient (Wildman–Crippen LogP) is 2.97. The van der Waals surface area contributed by atoms with Gasteiger partial charge in [-0.15, -0.1) is 0 Å². The van der Waals surface area contributed by atoms with Gasteiger partial charge in [0.25, 0.3) is 0 Å². The van der Waals surface area contributed by atoms with Crippen LogP contribution in [-0.2, 0) is 0 Å². The molecule has 0 aliphatic carbocycles. The van der Waals surface area contributed by atoms with Crippen molar-refractivity contribution in [2.75, 3.05) is 6.54 Å². The molecule has 1 atom stereocenters. The second kappa shape index (κ2) is 6.01. The maximum Gasteiger partial charge on any atom is 0.0286 e. The van der Waals surface area contributed by atoms with Crippen LogP contribution in [-0.4, -0.2) is 11.4 Å².